The molecule has 24 heavy (non-hydrogen) atoms. The molecule has 3 aromatic rings. The number of benzene rings is 3. The molecule has 0 amide bonds. The van der Waals surface area contributed by atoms with Gasteiger partial charge in [-0.3, -0.25) is 0 Å². The highest BCUT2D eigenvalue weighted by atomic mass is 31.2. The lowest BCUT2D eigenvalue weighted by molar-refractivity contribution is 0.586. The molecule has 0 aliphatic rings. The van der Waals surface area contributed by atoms with Gasteiger partial charge in [-0.25, -0.2) is 0 Å². The van der Waals surface area contributed by atoms with E-state index >= 15 is 0 Å². The van der Waals surface area contributed by atoms with Gasteiger partial charge in [-0.15, -0.1) is 0 Å². The molecule has 0 radical (unpaired) electrons. The van der Waals surface area contributed by atoms with Crippen LogP contribution >= 0.6 is 7.14 Å². The second kappa shape index (κ2) is 6.79. The monoisotopic (exact) mass is 334 g/mol. The third-order valence-electron chi connectivity index (χ3n) is 4.84. The van der Waals surface area contributed by atoms with Crippen molar-refractivity contribution in [2.75, 3.05) is 0 Å². The number of hydrogen-bond acceptors (Lipinski definition) is 1. The molecular formula is C22H23OP. The predicted octanol–water partition coefficient (Wildman–Crippen LogP) is 5.13. The summed E-state index contributed by atoms with van der Waals surface area (Å²) in [4.78, 5) is 0. The Hall–Kier alpha value is -2.11. The second-order valence-electron chi connectivity index (χ2n) is 6.37. The van der Waals surface area contributed by atoms with Gasteiger partial charge in [0.05, 0.1) is 0 Å². The van der Waals surface area contributed by atoms with Crippen molar-refractivity contribution in [3.8, 4) is 0 Å². The van der Waals surface area contributed by atoms with Gasteiger partial charge in [-0.1, -0.05) is 72.8 Å². The molecule has 3 rings (SSSR count). The summed E-state index contributed by atoms with van der Waals surface area (Å²) in [5.41, 5.74) is 4.74. The van der Waals surface area contributed by atoms with Gasteiger partial charge in [-0.05, 0) is 43.0 Å². The molecule has 122 valence electrons. The van der Waals surface area contributed by atoms with E-state index in [4.69, 9.17) is 0 Å². The molecule has 0 heterocycles. The van der Waals surface area contributed by atoms with E-state index < -0.39 is 7.14 Å². The van der Waals surface area contributed by atoms with Crippen molar-refractivity contribution >= 4 is 17.8 Å². The first-order valence-electron chi connectivity index (χ1n) is 8.28. The highest BCUT2D eigenvalue weighted by molar-refractivity contribution is 7.78. The van der Waals surface area contributed by atoms with Crippen LogP contribution in [0.5, 0.6) is 0 Å². The molecule has 2 heteroatoms. The summed E-state index contributed by atoms with van der Waals surface area (Å²) in [5.74, 6) is 0. The fraction of sp³-hybridized carbons (Fsp3) is 0.182. The predicted molar refractivity (Wildman–Crippen MR) is 104 cm³/mol. The molecular weight excluding hydrogens is 311 g/mol. The van der Waals surface area contributed by atoms with Crippen molar-refractivity contribution in [2.45, 2.75) is 26.9 Å². The zero-order chi connectivity index (χ0) is 17.2. The third kappa shape index (κ3) is 3.09. The van der Waals surface area contributed by atoms with E-state index in [1.807, 2.05) is 48.5 Å². The van der Waals surface area contributed by atoms with E-state index in [0.717, 1.165) is 21.7 Å². The molecule has 0 saturated carbocycles. The molecule has 0 aliphatic carbocycles. The van der Waals surface area contributed by atoms with Crippen LogP contribution in [0, 0.1) is 20.8 Å². The quantitative estimate of drug-likeness (QED) is 0.605. The summed E-state index contributed by atoms with van der Waals surface area (Å²) in [6, 6.07) is 24.2. The van der Waals surface area contributed by atoms with Crippen LogP contribution < -0.4 is 10.6 Å². The minimum atomic E-state index is -2.73. The summed E-state index contributed by atoms with van der Waals surface area (Å²) in [7, 11) is -2.73. The van der Waals surface area contributed by atoms with Crippen molar-refractivity contribution in [1.29, 1.82) is 0 Å². The van der Waals surface area contributed by atoms with E-state index in [2.05, 4.69) is 45.0 Å². The molecule has 0 saturated heterocycles. The van der Waals surface area contributed by atoms with Crippen molar-refractivity contribution < 1.29 is 4.57 Å². The Morgan fingerprint density at radius 1 is 0.708 bits per heavy atom. The maximum atomic E-state index is 14.3. The van der Waals surface area contributed by atoms with Gasteiger partial charge in [0, 0.05) is 16.8 Å². The van der Waals surface area contributed by atoms with E-state index in [9.17, 15) is 4.57 Å². The Morgan fingerprint density at radius 3 is 1.92 bits per heavy atom. The molecule has 0 N–H and O–H groups in total. The van der Waals surface area contributed by atoms with Crippen molar-refractivity contribution in [2.24, 2.45) is 0 Å². The lowest BCUT2D eigenvalue weighted by Crippen LogP contribution is -2.21. The first-order valence-corrected chi connectivity index (χ1v) is 10.2. The number of hydrogen-bond donors (Lipinski definition) is 0. The van der Waals surface area contributed by atoms with E-state index in [1.54, 1.807) is 0 Å². The fourth-order valence-corrected chi connectivity index (χ4v) is 6.19. The first-order chi connectivity index (χ1) is 11.5. The van der Waals surface area contributed by atoms with Crippen LogP contribution in [0.2, 0.25) is 0 Å². The van der Waals surface area contributed by atoms with Crippen LogP contribution in [-0.4, -0.2) is 0 Å². The Kier molecular flexibility index (Phi) is 4.73. The normalized spacial score (nSPS) is 13.5. The lowest BCUT2D eigenvalue weighted by Gasteiger charge is -2.23. The van der Waals surface area contributed by atoms with Crippen LogP contribution in [0.25, 0.3) is 0 Å². The zero-order valence-electron chi connectivity index (χ0n) is 14.5. The smallest absolute Gasteiger partial charge is 0.147 e. The van der Waals surface area contributed by atoms with Gasteiger partial charge in [-0.2, -0.15) is 0 Å². The maximum Gasteiger partial charge on any atom is 0.147 e. The molecule has 1 nitrogen and oxygen atoms in total. The Bertz CT molecular complexity index is 883. The molecule has 0 bridgehead atoms. The highest BCUT2D eigenvalue weighted by Gasteiger charge is 2.29. The van der Waals surface area contributed by atoms with Crippen LogP contribution in [0.3, 0.4) is 0 Å². The van der Waals surface area contributed by atoms with Crippen LogP contribution in [-0.2, 0) is 10.7 Å². The van der Waals surface area contributed by atoms with Crippen LogP contribution in [0.15, 0.2) is 72.8 Å². The average molecular weight is 334 g/mol. The molecule has 0 aliphatic heterocycles. The largest absolute Gasteiger partial charge is 0.313 e. The van der Waals surface area contributed by atoms with E-state index in [-0.39, 0.29) is 0 Å². The van der Waals surface area contributed by atoms with E-state index in [1.165, 1.54) is 11.1 Å². The van der Waals surface area contributed by atoms with Gasteiger partial charge >= 0.3 is 0 Å². The molecule has 1 unspecified atom stereocenters. The Balaban J connectivity index is 2.20. The van der Waals surface area contributed by atoms with Gasteiger partial charge in [0.15, 0.2) is 0 Å². The summed E-state index contributed by atoms with van der Waals surface area (Å²) >= 11 is 0. The lowest BCUT2D eigenvalue weighted by atomic mass is 10.1. The van der Waals surface area contributed by atoms with Gasteiger partial charge in [0.2, 0.25) is 0 Å². The summed E-state index contributed by atoms with van der Waals surface area (Å²) < 4.78 is 14.3. The summed E-state index contributed by atoms with van der Waals surface area (Å²) in [5, 5.41) is 1.92. The molecule has 0 aromatic heterocycles. The average Bonchev–Trinajstić information content (AvgIpc) is 2.61. The zero-order valence-corrected chi connectivity index (χ0v) is 15.4. The molecule has 0 spiro atoms. The van der Waals surface area contributed by atoms with Crippen LogP contribution in [0.4, 0.5) is 0 Å². The topological polar surface area (TPSA) is 17.1 Å². The summed E-state index contributed by atoms with van der Waals surface area (Å²) in [6.45, 7) is 6.32. The van der Waals surface area contributed by atoms with Crippen molar-refractivity contribution in [1.82, 2.24) is 0 Å². The minimum absolute atomic E-state index is 0.557. The fourth-order valence-electron chi connectivity index (χ4n) is 3.16. The van der Waals surface area contributed by atoms with Gasteiger partial charge < -0.3 is 4.57 Å². The molecule has 0 fully saturated rings. The molecule has 1 atom stereocenters. The van der Waals surface area contributed by atoms with Crippen LogP contribution in [0.1, 0.15) is 22.3 Å². The Morgan fingerprint density at radius 2 is 1.29 bits per heavy atom. The minimum Gasteiger partial charge on any atom is -0.313 e. The number of rotatable bonds is 4. The summed E-state index contributed by atoms with van der Waals surface area (Å²) in [6.07, 6.45) is 0.557. The Labute approximate surface area is 144 Å². The number of aryl methyl sites for hydroxylation is 1. The van der Waals surface area contributed by atoms with E-state index in [0.29, 0.717) is 6.16 Å². The SMILES string of the molecule is Cc1ccc(P(=O)(Cc2ccccc2)c2ccccc2)c(C)c1C. The second-order valence-corrected chi connectivity index (χ2v) is 9.16. The van der Waals surface area contributed by atoms with Crippen molar-refractivity contribution in [3.63, 3.8) is 0 Å². The highest BCUT2D eigenvalue weighted by Crippen LogP contribution is 2.48. The van der Waals surface area contributed by atoms with Gasteiger partial charge in [0.1, 0.15) is 7.14 Å². The third-order valence-corrected chi connectivity index (χ3v) is 8.05. The van der Waals surface area contributed by atoms with Crippen molar-refractivity contribution in [3.05, 3.63) is 95.1 Å². The molecule has 3 aromatic carbocycles. The van der Waals surface area contributed by atoms with Gasteiger partial charge in [0.25, 0.3) is 0 Å². The first kappa shape index (κ1) is 16.7. The standard InChI is InChI=1S/C22H23OP/c1-17-14-15-22(19(3)18(17)2)24(23,21-12-8-5-9-13-21)16-20-10-6-4-7-11-20/h4-15H,16H2,1-3H3. The maximum absolute atomic E-state index is 14.3.